The molecule has 1 N–H and O–H groups in total. The predicted octanol–water partition coefficient (Wildman–Crippen LogP) is 4.99. The molecule has 7 heteroatoms. The zero-order valence-corrected chi connectivity index (χ0v) is 21.1. The fraction of sp³-hybridized carbons (Fsp3) is 0.444. The molecule has 0 aliphatic carbocycles. The van der Waals surface area contributed by atoms with Crippen molar-refractivity contribution in [1.82, 2.24) is 5.32 Å². The standard InChI is InChI=1S/C27H35N3O4/c1-18-13-14-21-22(15-18)30(17-23(31)26(2,3)4)24(32)20(28-25(33)34-27(5,6)7)16-29(21)19-11-9-8-10-12-19/h8-15,20H,16-17H2,1-7H3,(H,28,33). The van der Waals surface area contributed by atoms with E-state index in [0.29, 0.717) is 5.69 Å². The van der Waals surface area contributed by atoms with Crippen LogP contribution in [0.2, 0.25) is 0 Å². The van der Waals surface area contributed by atoms with Gasteiger partial charge in [0.15, 0.2) is 5.78 Å². The summed E-state index contributed by atoms with van der Waals surface area (Å²) in [5.74, 6) is -0.425. The summed E-state index contributed by atoms with van der Waals surface area (Å²) in [5, 5.41) is 2.75. The Balaban J connectivity index is 2.11. The van der Waals surface area contributed by atoms with Crippen LogP contribution >= 0.6 is 0 Å². The summed E-state index contributed by atoms with van der Waals surface area (Å²) < 4.78 is 5.43. The number of hydrogen-bond acceptors (Lipinski definition) is 5. The first-order chi connectivity index (χ1) is 15.8. The molecule has 2 aromatic carbocycles. The number of fused-ring (bicyclic) bond motifs is 1. The number of hydrogen-bond donors (Lipinski definition) is 1. The van der Waals surface area contributed by atoms with Crippen molar-refractivity contribution in [2.45, 2.75) is 60.1 Å². The molecule has 0 aromatic heterocycles. The SMILES string of the molecule is Cc1ccc2c(c1)N(CC(=O)C(C)(C)C)C(=O)C(NC(=O)OC(C)(C)C)CN2c1ccccc1. The van der Waals surface area contributed by atoms with Crippen LogP contribution in [-0.4, -0.2) is 42.5 Å². The zero-order valence-electron chi connectivity index (χ0n) is 21.1. The van der Waals surface area contributed by atoms with Gasteiger partial charge in [0.2, 0.25) is 0 Å². The van der Waals surface area contributed by atoms with Crippen LogP contribution in [0.15, 0.2) is 48.5 Å². The topological polar surface area (TPSA) is 79.0 Å². The lowest BCUT2D eigenvalue weighted by Crippen LogP contribution is -2.54. The minimum atomic E-state index is -0.921. The molecule has 1 unspecified atom stereocenters. The molecule has 2 aromatic rings. The summed E-state index contributed by atoms with van der Waals surface area (Å²) >= 11 is 0. The molecule has 3 rings (SSSR count). The van der Waals surface area contributed by atoms with Crippen molar-refractivity contribution in [3.05, 3.63) is 54.1 Å². The molecule has 2 amide bonds. The van der Waals surface area contributed by atoms with Crippen LogP contribution < -0.4 is 15.1 Å². The van der Waals surface area contributed by atoms with Crippen molar-refractivity contribution in [3.63, 3.8) is 0 Å². The Hall–Kier alpha value is -3.35. The Labute approximate surface area is 202 Å². The molecule has 0 spiro atoms. The number of rotatable bonds is 4. The quantitative estimate of drug-likeness (QED) is 0.688. The average Bonchev–Trinajstić information content (AvgIpc) is 2.82. The maximum atomic E-state index is 13.8. The van der Waals surface area contributed by atoms with Gasteiger partial charge in [0.25, 0.3) is 5.91 Å². The Kier molecular flexibility index (Phi) is 7.05. The molecule has 1 atom stereocenters. The molecular formula is C27H35N3O4. The van der Waals surface area contributed by atoms with Crippen molar-refractivity contribution in [1.29, 1.82) is 0 Å². The number of anilines is 3. The normalized spacial score (nSPS) is 16.6. The van der Waals surface area contributed by atoms with E-state index in [0.717, 1.165) is 16.9 Å². The third kappa shape index (κ3) is 5.95. The lowest BCUT2D eigenvalue weighted by molar-refractivity contribution is -0.127. The number of benzene rings is 2. The smallest absolute Gasteiger partial charge is 0.408 e. The molecule has 7 nitrogen and oxygen atoms in total. The summed E-state index contributed by atoms with van der Waals surface area (Å²) in [6.45, 7) is 12.9. The van der Waals surface area contributed by atoms with Gasteiger partial charge in [-0.1, -0.05) is 45.0 Å². The van der Waals surface area contributed by atoms with E-state index in [1.807, 2.05) is 81.1 Å². The molecule has 1 aliphatic rings. The van der Waals surface area contributed by atoms with E-state index in [9.17, 15) is 14.4 Å². The van der Waals surface area contributed by atoms with E-state index in [-0.39, 0.29) is 24.8 Å². The van der Waals surface area contributed by atoms with Gasteiger partial charge >= 0.3 is 6.09 Å². The lowest BCUT2D eigenvalue weighted by atomic mass is 9.90. The number of ketones is 1. The fourth-order valence-corrected chi connectivity index (χ4v) is 3.70. The second-order valence-corrected chi connectivity index (χ2v) is 10.7. The van der Waals surface area contributed by atoms with E-state index in [1.54, 1.807) is 20.8 Å². The highest BCUT2D eigenvalue weighted by molar-refractivity contribution is 6.07. The number of aryl methyl sites for hydroxylation is 1. The number of ether oxygens (including phenoxy) is 1. The number of alkyl carbamates (subject to hydrolysis) is 1. The maximum Gasteiger partial charge on any atom is 0.408 e. The largest absolute Gasteiger partial charge is 0.444 e. The van der Waals surface area contributed by atoms with Crippen molar-refractivity contribution in [3.8, 4) is 0 Å². The number of Topliss-reactive ketones (excluding diaryl/α,β-unsaturated/α-hetero) is 1. The van der Waals surface area contributed by atoms with Gasteiger partial charge < -0.3 is 19.9 Å². The van der Waals surface area contributed by atoms with Gasteiger partial charge in [0.05, 0.1) is 24.5 Å². The van der Waals surface area contributed by atoms with Crippen LogP contribution in [0.4, 0.5) is 21.9 Å². The van der Waals surface area contributed by atoms with Crippen LogP contribution in [0.1, 0.15) is 47.1 Å². The fourth-order valence-electron chi connectivity index (χ4n) is 3.70. The third-order valence-electron chi connectivity index (χ3n) is 5.54. The second-order valence-electron chi connectivity index (χ2n) is 10.7. The summed E-state index contributed by atoms with van der Waals surface area (Å²) in [5.41, 5.74) is 1.94. The van der Waals surface area contributed by atoms with Crippen LogP contribution in [0, 0.1) is 12.3 Å². The summed E-state index contributed by atoms with van der Waals surface area (Å²) in [6, 6.07) is 14.6. The molecule has 0 radical (unpaired) electrons. The molecule has 0 bridgehead atoms. The van der Waals surface area contributed by atoms with Crippen molar-refractivity contribution in [2.24, 2.45) is 5.41 Å². The molecule has 0 saturated carbocycles. The molecule has 0 saturated heterocycles. The van der Waals surface area contributed by atoms with Gasteiger partial charge in [0.1, 0.15) is 11.6 Å². The number of carbonyl (C=O) groups excluding carboxylic acids is 3. The highest BCUT2D eigenvalue weighted by Gasteiger charge is 2.38. The molecule has 0 fully saturated rings. The zero-order chi connectivity index (χ0) is 25.3. The van der Waals surface area contributed by atoms with Crippen LogP contribution in [0.5, 0.6) is 0 Å². The summed E-state index contributed by atoms with van der Waals surface area (Å²) in [4.78, 5) is 43.0. The van der Waals surface area contributed by atoms with Gasteiger partial charge in [0, 0.05) is 11.1 Å². The van der Waals surface area contributed by atoms with E-state index in [4.69, 9.17) is 4.74 Å². The van der Waals surface area contributed by atoms with Gasteiger partial charge in [-0.05, 0) is 57.5 Å². The predicted molar refractivity (Wildman–Crippen MR) is 135 cm³/mol. The van der Waals surface area contributed by atoms with Crippen LogP contribution in [0.25, 0.3) is 0 Å². The van der Waals surface area contributed by atoms with Crippen LogP contribution in [-0.2, 0) is 14.3 Å². The molecule has 34 heavy (non-hydrogen) atoms. The third-order valence-corrected chi connectivity index (χ3v) is 5.54. The second kappa shape index (κ2) is 9.49. The maximum absolute atomic E-state index is 13.8. The number of para-hydroxylation sites is 1. The van der Waals surface area contributed by atoms with Gasteiger partial charge in [-0.15, -0.1) is 0 Å². The first kappa shape index (κ1) is 25.3. The minimum Gasteiger partial charge on any atom is -0.444 e. The number of nitrogens with one attached hydrogen (secondary N) is 1. The van der Waals surface area contributed by atoms with E-state index < -0.39 is 23.2 Å². The van der Waals surface area contributed by atoms with E-state index in [2.05, 4.69) is 5.32 Å². The highest BCUT2D eigenvalue weighted by Crippen LogP contribution is 2.38. The monoisotopic (exact) mass is 465 g/mol. The average molecular weight is 466 g/mol. The van der Waals surface area contributed by atoms with E-state index in [1.165, 1.54) is 4.90 Å². The Morgan fingerprint density at radius 1 is 1.00 bits per heavy atom. The van der Waals surface area contributed by atoms with Crippen molar-refractivity contribution < 1.29 is 19.1 Å². The number of amides is 2. The molecular weight excluding hydrogens is 430 g/mol. The summed E-state index contributed by atoms with van der Waals surface area (Å²) in [6.07, 6.45) is -0.678. The first-order valence-corrected chi connectivity index (χ1v) is 11.5. The minimum absolute atomic E-state index is 0.0718. The Bertz CT molecular complexity index is 1070. The lowest BCUT2D eigenvalue weighted by Gasteiger charge is -2.28. The number of carbonyl (C=O) groups is 3. The molecule has 182 valence electrons. The molecule has 1 aliphatic heterocycles. The molecule has 1 heterocycles. The summed E-state index contributed by atoms with van der Waals surface area (Å²) in [7, 11) is 0. The van der Waals surface area contributed by atoms with Gasteiger partial charge in [-0.25, -0.2) is 4.79 Å². The highest BCUT2D eigenvalue weighted by atomic mass is 16.6. The van der Waals surface area contributed by atoms with Crippen molar-refractivity contribution >= 4 is 34.8 Å². The first-order valence-electron chi connectivity index (χ1n) is 11.5. The van der Waals surface area contributed by atoms with E-state index >= 15 is 0 Å². The van der Waals surface area contributed by atoms with Crippen LogP contribution in [0.3, 0.4) is 0 Å². The number of nitrogens with zero attached hydrogens (tertiary/aromatic N) is 2. The Morgan fingerprint density at radius 3 is 2.24 bits per heavy atom. The van der Waals surface area contributed by atoms with Gasteiger partial charge in [-0.2, -0.15) is 0 Å². The van der Waals surface area contributed by atoms with Gasteiger partial charge in [-0.3, -0.25) is 9.59 Å². The Morgan fingerprint density at radius 2 is 1.65 bits per heavy atom. The van der Waals surface area contributed by atoms with Crippen molar-refractivity contribution in [2.75, 3.05) is 22.9 Å².